The number of aryl methyl sites for hydroxylation is 1. The van der Waals surface area contributed by atoms with Gasteiger partial charge in [-0.2, -0.15) is 13.2 Å². The van der Waals surface area contributed by atoms with Crippen molar-refractivity contribution in [1.29, 1.82) is 0 Å². The number of Topliss-reactive ketones (excluding diaryl/α,β-unsaturated/α-hetero) is 1. The van der Waals surface area contributed by atoms with Gasteiger partial charge in [-0.3, -0.25) is 4.79 Å². The van der Waals surface area contributed by atoms with Gasteiger partial charge >= 0.3 is 6.18 Å². The summed E-state index contributed by atoms with van der Waals surface area (Å²) in [6, 6.07) is 12.6. The van der Waals surface area contributed by atoms with Crippen molar-refractivity contribution in [1.82, 2.24) is 0 Å². The summed E-state index contributed by atoms with van der Waals surface area (Å²) in [6.07, 6.45) is -4.31. The second-order valence-electron chi connectivity index (χ2n) is 8.07. The van der Waals surface area contributed by atoms with Crippen LogP contribution in [0.15, 0.2) is 48.7 Å². The maximum absolute atomic E-state index is 13.2. The smallest absolute Gasteiger partial charge is 0.411 e. The van der Waals surface area contributed by atoms with E-state index in [1.165, 1.54) is 0 Å². The van der Waals surface area contributed by atoms with Crippen LogP contribution in [0, 0.1) is 6.92 Å². The molecule has 3 rings (SSSR count). The Labute approximate surface area is 189 Å². The quantitative estimate of drug-likeness (QED) is 0.401. The van der Waals surface area contributed by atoms with Crippen LogP contribution in [0.4, 0.5) is 13.2 Å². The van der Waals surface area contributed by atoms with Crippen LogP contribution in [0.3, 0.4) is 0 Å². The standard InChI is InChI=1S/C24H24ClF3O4/c1-15-2-3-17(16-4-6-18(25)7-5-16)12-20(15)21(13-29)22(30)23(31)10-8-19(9-11-23)32-14-24(26,27)28/h2-7,12-13,19,29,31H,8-11,14H2,1H3. The lowest BCUT2D eigenvalue weighted by Gasteiger charge is -2.35. The first-order valence-corrected chi connectivity index (χ1v) is 10.6. The molecule has 1 fully saturated rings. The molecule has 4 nitrogen and oxygen atoms in total. The molecule has 0 saturated heterocycles. The number of aliphatic hydroxyl groups excluding tert-OH is 1. The first-order valence-electron chi connectivity index (χ1n) is 10.2. The summed E-state index contributed by atoms with van der Waals surface area (Å²) >= 11 is 5.94. The van der Waals surface area contributed by atoms with E-state index in [0.29, 0.717) is 16.8 Å². The number of aliphatic hydroxyl groups is 2. The van der Waals surface area contributed by atoms with Gasteiger partial charge in [-0.15, -0.1) is 0 Å². The molecule has 1 saturated carbocycles. The Bertz CT molecular complexity index is 991. The lowest BCUT2D eigenvalue weighted by Crippen LogP contribution is -2.44. The zero-order valence-corrected chi connectivity index (χ0v) is 18.2. The minimum Gasteiger partial charge on any atom is -0.515 e. The van der Waals surface area contributed by atoms with E-state index in [4.69, 9.17) is 16.3 Å². The minimum absolute atomic E-state index is 0.0459. The predicted octanol–water partition coefficient (Wildman–Crippen LogP) is 6.04. The normalized spacial score (nSPS) is 22.1. The molecule has 2 aromatic carbocycles. The Hall–Kier alpha value is -2.35. The van der Waals surface area contributed by atoms with Gasteiger partial charge in [0.25, 0.3) is 0 Å². The first kappa shape index (κ1) is 24.3. The lowest BCUT2D eigenvalue weighted by atomic mass is 9.76. The zero-order valence-electron chi connectivity index (χ0n) is 17.5. The number of halogens is 4. The average molecular weight is 469 g/mol. The van der Waals surface area contributed by atoms with E-state index in [1.807, 2.05) is 24.3 Å². The Morgan fingerprint density at radius 1 is 1.16 bits per heavy atom. The molecule has 0 radical (unpaired) electrons. The monoisotopic (exact) mass is 468 g/mol. The molecule has 0 heterocycles. The highest BCUT2D eigenvalue weighted by atomic mass is 35.5. The molecule has 0 unspecified atom stereocenters. The van der Waals surface area contributed by atoms with Crippen molar-refractivity contribution in [3.63, 3.8) is 0 Å². The third-order valence-corrected chi connectivity index (χ3v) is 6.00. The SMILES string of the molecule is Cc1ccc(-c2ccc(Cl)cc2)cc1C(=CO)C(=O)C1(O)CCC(OCC(F)(F)F)CC1. The third-order valence-electron chi connectivity index (χ3n) is 5.74. The highest BCUT2D eigenvalue weighted by Crippen LogP contribution is 2.37. The summed E-state index contributed by atoms with van der Waals surface area (Å²) in [5.41, 5.74) is 1.02. The van der Waals surface area contributed by atoms with Gasteiger partial charge in [-0.25, -0.2) is 0 Å². The number of alkyl halides is 3. The fraction of sp³-hybridized carbons (Fsp3) is 0.375. The van der Waals surface area contributed by atoms with Crippen molar-refractivity contribution >= 4 is 23.0 Å². The van der Waals surface area contributed by atoms with E-state index in [2.05, 4.69) is 0 Å². The molecule has 0 atom stereocenters. The number of carbonyl (C=O) groups excluding carboxylic acids is 1. The van der Waals surface area contributed by atoms with E-state index in [1.54, 1.807) is 25.1 Å². The molecule has 0 spiro atoms. The van der Waals surface area contributed by atoms with Gasteiger partial charge in [0.1, 0.15) is 12.2 Å². The fourth-order valence-electron chi connectivity index (χ4n) is 3.91. The van der Waals surface area contributed by atoms with Gasteiger partial charge in [-0.1, -0.05) is 35.9 Å². The molecular weight excluding hydrogens is 445 g/mol. The zero-order chi connectivity index (χ0) is 23.5. The summed E-state index contributed by atoms with van der Waals surface area (Å²) < 4.78 is 42.0. The number of hydrogen-bond donors (Lipinski definition) is 2. The molecule has 0 amide bonds. The van der Waals surface area contributed by atoms with Crippen LogP contribution in [-0.4, -0.2) is 40.5 Å². The van der Waals surface area contributed by atoms with Crippen molar-refractivity contribution in [3.05, 3.63) is 64.9 Å². The van der Waals surface area contributed by atoms with E-state index >= 15 is 0 Å². The highest BCUT2D eigenvalue weighted by Gasteiger charge is 2.42. The van der Waals surface area contributed by atoms with Gasteiger partial charge in [0, 0.05) is 5.02 Å². The summed E-state index contributed by atoms with van der Waals surface area (Å²) in [6.45, 7) is 0.423. The van der Waals surface area contributed by atoms with Crippen molar-refractivity contribution in [2.75, 3.05) is 6.61 Å². The number of carbonyl (C=O) groups is 1. The van der Waals surface area contributed by atoms with Crippen molar-refractivity contribution in [2.45, 2.75) is 50.5 Å². The second-order valence-corrected chi connectivity index (χ2v) is 8.50. The number of hydrogen-bond acceptors (Lipinski definition) is 4. The van der Waals surface area contributed by atoms with E-state index < -0.39 is 30.3 Å². The molecule has 172 valence electrons. The van der Waals surface area contributed by atoms with Gasteiger partial charge in [-0.05, 0) is 73.1 Å². The summed E-state index contributed by atoms with van der Waals surface area (Å²) in [5.74, 6) is -0.661. The molecule has 2 N–H and O–H groups in total. The minimum atomic E-state index is -4.43. The molecule has 1 aliphatic carbocycles. The van der Waals surface area contributed by atoms with Crippen LogP contribution in [0.2, 0.25) is 5.02 Å². The molecule has 0 aliphatic heterocycles. The van der Waals surface area contributed by atoms with E-state index in [-0.39, 0.29) is 31.3 Å². The topological polar surface area (TPSA) is 66.8 Å². The van der Waals surface area contributed by atoms with Gasteiger partial charge < -0.3 is 14.9 Å². The van der Waals surface area contributed by atoms with Crippen molar-refractivity contribution < 1.29 is 32.9 Å². The highest BCUT2D eigenvalue weighted by molar-refractivity contribution is 6.30. The lowest BCUT2D eigenvalue weighted by molar-refractivity contribution is -0.192. The van der Waals surface area contributed by atoms with Crippen LogP contribution in [0.1, 0.15) is 36.8 Å². The molecule has 0 aromatic heterocycles. The summed E-state index contributed by atoms with van der Waals surface area (Å²) in [4.78, 5) is 13.2. The van der Waals surface area contributed by atoms with Gasteiger partial charge in [0.05, 0.1) is 17.9 Å². The van der Waals surface area contributed by atoms with Crippen molar-refractivity contribution in [3.8, 4) is 11.1 Å². The largest absolute Gasteiger partial charge is 0.515 e. The van der Waals surface area contributed by atoms with Crippen molar-refractivity contribution in [2.24, 2.45) is 0 Å². The number of ketones is 1. The maximum atomic E-state index is 13.2. The molecule has 2 aromatic rings. The van der Waals surface area contributed by atoms with Gasteiger partial charge in [0.15, 0.2) is 5.78 Å². The molecule has 32 heavy (non-hydrogen) atoms. The van der Waals surface area contributed by atoms with E-state index in [9.17, 15) is 28.2 Å². The second kappa shape index (κ2) is 9.65. The number of rotatable bonds is 6. The van der Waals surface area contributed by atoms with Crippen LogP contribution in [0.5, 0.6) is 0 Å². The van der Waals surface area contributed by atoms with Crippen LogP contribution < -0.4 is 0 Å². The van der Waals surface area contributed by atoms with Crippen LogP contribution in [0.25, 0.3) is 16.7 Å². The Kier molecular flexibility index (Phi) is 7.32. The third kappa shape index (κ3) is 5.71. The molecule has 8 heteroatoms. The average Bonchev–Trinajstić information content (AvgIpc) is 2.75. The maximum Gasteiger partial charge on any atom is 0.411 e. The Morgan fingerprint density at radius 2 is 1.75 bits per heavy atom. The van der Waals surface area contributed by atoms with E-state index in [0.717, 1.165) is 16.7 Å². The first-order chi connectivity index (χ1) is 15.0. The molecule has 1 aliphatic rings. The fourth-order valence-corrected chi connectivity index (χ4v) is 4.04. The van der Waals surface area contributed by atoms with Crippen LogP contribution >= 0.6 is 11.6 Å². The number of benzene rings is 2. The van der Waals surface area contributed by atoms with Crippen LogP contribution in [-0.2, 0) is 9.53 Å². The molecule has 0 bridgehead atoms. The number of ether oxygens (including phenoxy) is 1. The Balaban J connectivity index is 1.79. The summed E-state index contributed by atoms with van der Waals surface area (Å²) in [5, 5.41) is 21.4. The summed E-state index contributed by atoms with van der Waals surface area (Å²) in [7, 11) is 0. The molecular formula is C24H24ClF3O4. The Morgan fingerprint density at radius 3 is 2.31 bits per heavy atom. The van der Waals surface area contributed by atoms with Gasteiger partial charge in [0.2, 0.25) is 0 Å². The predicted molar refractivity (Wildman–Crippen MR) is 116 cm³/mol.